The molecule has 0 spiro atoms. The number of nitrogens with one attached hydrogen (secondary N) is 2. The van der Waals surface area contributed by atoms with Crippen LogP contribution in [0.15, 0.2) is 54.9 Å². The lowest BCUT2D eigenvalue weighted by Gasteiger charge is -2.26. The Balaban J connectivity index is 1.32. The van der Waals surface area contributed by atoms with E-state index >= 15 is 0 Å². The number of alkyl halides is 3. The summed E-state index contributed by atoms with van der Waals surface area (Å²) in [6.07, 6.45) is -1.66. The molecule has 1 aliphatic heterocycles. The van der Waals surface area contributed by atoms with Crippen molar-refractivity contribution >= 4 is 35.2 Å². The highest BCUT2D eigenvalue weighted by Gasteiger charge is 2.35. The van der Waals surface area contributed by atoms with Gasteiger partial charge in [0.1, 0.15) is 6.04 Å². The van der Waals surface area contributed by atoms with Crippen molar-refractivity contribution in [3.05, 3.63) is 82.1 Å². The second kappa shape index (κ2) is 11.4. The van der Waals surface area contributed by atoms with Gasteiger partial charge in [-0.2, -0.15) is 23.1 Å². The van der Waals surface area contributed by atoms with Gasteiger partial charge in [0.15, 0.2) is 5.82 Å². The number of aryl methyl sites for hydroxylation is 1. The van der Waals surface area contributed by atoms with E-state index in [0.717, 1.165) is 12.1 Å². The number of benzene rings is 2. The maximum absolute atomic E-state index is 13.4. The molecule has 0 fully saturated rings. The standard InChI is InChI=1S/C27H24ClF3N8O3/c1-14(24(41)34-21(13-40)15-4-3-5-18(8-15)27(29,30)31)39-12-17-7-6-16(9-19(17)25(39)42)23-20(28)10-32-26(36-23)35-22-11-33-38(2)37-22/h3-11,14,21,40H,12-13H2,1-2H3,(H,34,41)(H,32,35,36,37). The number of aromatic nitrogens is 5. The number of carbonyl (C=O) groups excluding carboxylic acids is 2. The Kier molecular flexibility index (Phi) is 7.84. The second-order valence-electron chi connectivity index (χ2n) is 9.58. The first-order valence-corrected chi connectivity index (χ1v) is 13.0. The van der Waals surface area contributed by atoms with Crippen molar-refractivity contribution in [2.24, 2.45) is 7.05 Å². The zero-order valence-corrected chi connectivity index (χ0v) is 23.0. The molecule has 0 saturated carbocycles. The van der Waals surface area contributed by atoms with Crippen LogP contribution in [0.5, 0.6) is 0 Å². The van der Waals surface area contributed by atoms with Crippen molar-refractivity contribution in [3.63, 3.8) is 0 Å². The summed E-state index contributed by atoms with van der Waals surface area (Å²) in [5, 5.41) is 23.7. The van der Waals surface area contributed by atoms with Gasteiger partial charge < -0.3 is 20.6 Å². The van der Waals surface area contributed by atoms with E-state index in [2.05, 4.69) is 30.8 Å². The number of fused-ring (bicyclic) bond motifs is 1. The normalized spacial score (nSPS) is 14.5. The summed E-state index contributed by atoms with van der Waals surface area (Å²) in [6, 6.07) is 7.38. The number of rotatable bonds is 8. The van der Waals surface area contributed by atoms with Crippen molar-refractivity contribution in [1.29, 1.82) is 0 Å². The monoisotopic (exact) mass is 600 g/mol. The molecule has 42 heavy (non-hydrogen) atoms. The molecule has 0 saturated heterocycles. The molecule has 2 aromatic heterocycles. The predicted molar refractivity (Wildman–Crippen MR) is 146 cm³/mol. The first-order chi connectivity index (χ1) is 19.9. The van der Waals surface area contributed by atoms with Crippen LogP contribution in [-0.4, -0.2) is 59.4 Å². The van der Waals surface area contributed by atoms with Crippen molar-refractivity contribution in [2.45, 2.75) is 31.7 Å². The third kappa shape index (κ3) is 5.90. The number of anilines is 2. The molecule has 0 bridgehead atoms. The summed E-state index contributed by atoms with van der Waals surface area (Å²) in [7, 11) is 1.66. The van der Waals surface area contributed by atoms with Crippen LogP contribution in [0.3, 0.4) is 0 Å². The van der Waals surface area contributed by atoms with Crippen molar-refractivity contribution in [1.82, 2.24) is 35.2 Å². The van der Waals surface area contributed by atoms with E-state index in [9.17, 15) is 27.9 Å². The minimum atomic E-state index is -4.58. The van der Waals surface area contributed by atoms with E-state index in [1.54, 1.807) is 25.2 Å². The van der Waals surface area contributed by atoms with Gasteiger partial charge in [0, 0.05) is 24.7 Å². The van der Waals surface area contributed by atoms with Crippen molar-refractivity contribution < 1.29 is 27.9 Å². The molecule has 3 heterocycles. The molecule has 2 unspecified atom stereocenters. The van der Waals surface area contributed by atoms with Crippen LogP contribution in [0.25, 0.3) is 11.3 Å². The van der Waals surface area contributed by atoms with E-state index in [1.807, 2.05) is 0 Å². The highest BCUT2D eigenvalue weighted by molar-refractivity contribution is 6.33. The molecular weight excluding hydrogens is 577 g/mol. The van der Waals surface area contributed by atoms with Crippen LogP contribution in [-0.2, 0) is 24.6 Å². The smallest absolute Gasteiger partial charge is 0.394 e. The molecule has 2 amide bonds. The second-order valence-corrected chi connectivity index (χ2v) is 9.99. The Bertz CT molecular complexity index is 1660. The third-order valence-electron chi connectivity index (χ3n) is 6.76. The number of halogens is 4. The number of amides is 2. The molecule has 3 N–H and O–H groups in total. The summed E-state index contributed by atoms with van der Waals surface area (Å²) in [6.45, 7) is 1.00. The molecule has 0 aliphatic carbocycles. The lowest BCUT2D eigenvalue weighted by Crippen LogP contribution is -2.46. The molecule has 11 nitrogen and oxygen atoms in total. The van der Waals surface area contributed by atoms with E-state index in [-0.39, 0.29) is 23.1 Å². The number of hydrogen-bond acceptors (Lipinski definition) is 8. The van der Waals surface area contributed by atoms with Gasteiger partial charge in [0.25, 0.3) is 5.91 Å². The van der Waals surface area contributed by atoms with Crippen LogP contribution < -0.4 is 10.6 Å². The summed E-state index contributed by atoms with van der Waals surface area (Å²) in [4.78, 5) is 37.8. The topological polar surface area (TPSA) is 138 Å². The first kappa shape index (κ1) is 29.0. The number of nitrogens with zero attached hydrogens (tertiary/aromatic N) is 6. The van der Waals surface area contributed by atoms with Gasteiger partial charge in [0.2, 0.25) is 11.9 Å². The zero-order valence-electron chi connectivity index (χ0n) is 22.2. The Morgan fingerprint density at radius 1 is 1.19 bits per heavy atom. The van der Waals surface area contributed by atoms with Gasteiger partial charge in [-0.25, -0.2) is 9.97 Å². The Labute approximate surface area is 242 Å². The fraction of sp³-hybridized carbons (Fsp3) is 0.259. The first-order valence-electron chi connectivity index (χ1n) is 12.6. The zero-order chi connectivity index (χ0) is 30.2. The molecule has 5 rings (SSSR count). The quantitative estimate of drug-likeness (QED) is 0.277. The SMILES string of the molecule is CC(C(=O)NC(CO)c1cccc(C(F)(F)F)c1)N1Cc2ccc(-c3nc(Nc4cnn(C)n4)ncc3Cl)cc2C1=O. The van der Waals surface area contributed by atoms with Gasteiger partial charge in [-0.3, -0.25) is 9.59 Å². The van der Waals surface area contributed by atoms with E-state index in [4.69, 9.17) is 11.6 Å². The Morgan fingerprint density at radius 3 is 2.67 bits per heavy atom. The fourth-order valence-electron chi connectivity index (χ4n) is 4.53. The van der Waals surface area contributed by atoms with Crippen LogP contribution in [0.1, 0.15) is 40.0 Å². The summed E-state index contributed by atoms with van der Waals surface area (Å²) >= 11 is 6.38. The number of hydrogen-bond donors (Lipinski definition) is 3. The molecule has 2 atom stereocenters. The summed E-state index contributed by atoms with van der Waals surface area (Å²) in [5.74, 6) is -0.411. The Hall–Kier alpha value is -4.56. The molecule has 218 valence electrons. The highest BCUT2D eigenvalue weighted by atomic mass is 35.5. The summed E-state index contributed by atoms with van der Waals surface area (Å²) in [5.41, 5.74) is 1.11. The van der Waals surface area contributed by atoms with E-state index < -0.39 is 42.2 Å². The van der Waals surface area contributed by atoms with Gasteiger partial charge in [-0.05, 0) is 36.2 Å². The number of aliphatic hydroxyl groups excluding tert-OH is 1. The maximum atomic E-state index is 13.4. The minimum absolute atomic E-state index is 0.0865. The number of aliphatic hydroxyl groups is 1. The third-order valence-corrected chi connectivity index (χ3v) is 7.04. The number of carbonyl (C=O) groups is 2. The van der Waals surface area contributed by atoms with Crippen LogP contribution >= 0.6 is 11.6 Å². The lowest BCUT2D eigenvalue weighted by atomic mass is 10.0. The van der Waals surface area contributed by atoms with E-state index in [0.29, 0.717) is 28.2 Å². The van der Waals surface area contributed by atoms with E-state index in [1.165, 1.54) is 41.1 Å². The molecule has 1 aliphatic rings. The largest absolute Gasteiger partial charge is 0.416 e. The van der Waals surface area contributed by atoms with Crippen LogP contribution in [0.4, 0.5) is 24.9 Å². The molecule has 2 aromatic carbocycles. The van der Waals surface area contributed by atoms with Gasteiger partial charge in [0.05, 0.1) is 41.3 Å². The molecule has 4 aromatic rings. The Morgan fingerprint density at radius 2 is 1.98 bits per heavy atom. The van der Waals surface area contributed by atoms with Crippen molar-refractivity contribution in [2.75, 3.05) is 11.9 Å². The predicted octanol–water partition coefficient (Wildman–Crippen LogP) is 3.88. The lowest BCUT2D eigenvalue weighted by molar-refractivity contribution is -0.137. The molecular formula is C27H24ClF3N8O3. The van der Waals surface area contributed by atoms with Crippen LogP contribution in [0.2, 0.25) is 5.02 Å². The van der Waals surface area contributed by atoms with Gasteiger partial charge >= 0.3 is 6.18 Å². The minimum Gasteiger partial charge on any atom is -0.394 e. The summed E-state index contributed by atoms with van der Waals surface area (Å²) < 4.78 is 39.5. The average Bonchev–Trinajstić information content (AvgIpc) is 3.53. The molecule has 15 heteroatoms. The highest BCUT2D eigenvalue weighted by Crippen LogP contribution is 2.33. The van der Waals surface area contributed by atoms with Crippen LogP contribution in [0, 0.1) is 0 Å². The average molecular weight is 601 g/mol. The maximum Gasteiger partial charge on any atom is 0.416 e. The van der Waals surface area contributed by atoms with Gasteiger partial charge in [-0.1, -0.05) is 35.9 Å². The molecule has 0 radical (unpaired) electrons. The van der Waals surface area contributed by atoms with Crippen molar-refractivity contribution in [3.8, 4) is 11.3 Å². The fourth-order valence-corrected chi connectivity index (χ4v) is 4.73. The van der Waals surface area contributed by atoms with Gasteiger partial charge in [-0.15, -0.1) is 5.10 Å².